The van der Waals surface area contributed by atoms with Crippen molar-refractivity contribution in [3.63, 3.8) is 0 Å². The van der Waals surface area contributed by atoms with Crippen LogP contribution in [0.3, 0.4) is 0 Å². The molecule has 0 unspecified atom stereocenters. The van der Waals surface area contributed by atoms with Crippen LogP contribution in [0.15, 0.2) is 24.3 Å². The highest BCUT2D eigenvalue weighted by molar-refractivity contribution is 5.48. The van der Waals surface area contributed by atoms with Gasteiger partial charge in [-0.15, -0.1) is 0 Å². The van der Waals surface area contributed by atoms with Crippen molar-refractivity contribution in [2.45, 2.75) is 26.2 Å². The van der Waals surface area contributed by atoms with Gasteiger partial charge in [-0.2, -0.15) is 0 Å². The Labute approximate surface area is 120 Å². The summed E-state index contributed by atoms with van der Waals surface area (Å²) in [5.74, 6) is 0.707. The predicted octanol–water partition coefficient (Wildman–Crippen LogP) is 3.13. The molecule has 20 heavy (non-hydrogen) atoms. The van der Waals surface area contributed by atoms with Gasteiger partial charge in [-0.3, -0.25) is 10.1 Å². The van der Waals surface area contributed by atoms with E-state index in [1.165, 1.54) is 38.9 Å². The zero-order chi connectivity index (χ0) is 14.4. The SMILES string of the molecule is CCCN1CCC(CNc2ccc([N+](=O)[O-])cc2)CC1. The largest absolute Gasteiger partial charge is 0.385 e. The standard InChI is InChI=1S/C15H23N3O2/c1-2-9-17-10-7-13(8-11-17)12-16-14-3-5-15(6-4-14)18(19)20/h3-6,13,16H,2,7-12H2,1H3. The number of nitro groups is 1. The lowest BCUT2D eigenvalue weighted by molar-refractivity contribution is -0.384. The molecule has 0 bridgehead atoms. The average molecular weight is 277 g/mol. The number of likely N-dealkylation sites (tertiary alicyclic amines) is 1. The lowest BCUT2D eigenvalue weighted by Crippen LogP contribution is -2.36. The van der Waals surface area contributed by atoms with Gasteiger partial charge < -0.3 is 10.2 Å². The van der Waals surface area contributed by atoms with Crippen LogP contribution in [0.5, 0.6) is 0 Å². The van der Waals surface area contributed by atoms with Crippen LogP contribution in [0, 0.1) is 16.0 Å². The van der Waals surface area contributed by atoms with Crippen molar-refractivity contribution in [3.05, 3.63) is 34.4 Å². The number of rotatable bonds is 6. The van der Waals surface area contributed by atoms with Gasteiger partial charge in [0, 0.05) is 24.4 Å². The molecule has 1 aromatic rings. The summed E-state index contributed by atoms with van der Waals surface area (Å²) in [6.45, 7) is 6.78. The summed E-state index contributed by atoms with van der Waals surface area (Å²) in [7, 11) is 0. The number of hydrogen-bond acceptors (Lipinski definition) is 4. The second-order valence-electron chi connectivity index (χ2n) is 5.47. The monoisotopic (exact) mass is 277 g/mol. The molecule has 5 nitrogen and oxygen atoms in total. The van der Waals surface area contributed by atoms with Gasteiger partial charge in [0.2, 0.25) is 0 Å². The molecule has 1 aliphatic heterocycles. The first-order valence-electron chi connectivity index (χ1n) is 7.39. The van der Waals surface area contributed by atoms with Gasteiger partial charge in [-0.25, -0.2) is 0 Å². The van der Waals surface area contributed by atoms with Gasteiger partial charge in [-0.05, 0) is 56.9 Å². The van der Waals surface area contributed by atoms with Crippen LogP contribution in [0.1, 0.15) is 26.2 Å². The minimum atomic E-state index is -0.368. The molecule has 0 amide bonds. The Balaban J connectivity index is 1.74. The van der Waals surface area contributed by atoms with Gasteiger partial charge >= 0.3 is 0 Å². The minimum absolute atomic E-state index is 0.142. The molecule has 2 rings (SSSR count). The molecule has 1 N–H and O–H groups in total. The molecule has 1 aliphatic rings. The summed E-state index contributed by atoms with van der Waals surface area (Å²) in [5, 5.41) is 14.0. The van der Waals surface area contributed by atoms with E-state index in [2.05, 4.69) is 17.1 Å². The third-order valence-corrected chi connectivity index (χ3v) is 3.92. The fourth-order valence-corrected chi connectivity index (χ4v) is 2.69. The first kappa shape index (κ1) is 14.8. The predicted molar refractivity (Wildman–Crippen MR) is 81.0 cm³/mol. The molecule has 110 valence electrons. The number of anilines is 1. The quantitative estimate of drug-likeness (QED) is 0.641. The second-order valence-corrected chi connectivity index (χ2v) is 5.47. The first-order chi connectivity index (χ1) is 9.69. The van der Waals surface area contributed by atoms with E-state index < -0.39 is 0 Å². The van der Waals surface area contributed by atoms with Crippen molar-refractivity contribution in [2.24, 2.45) is 5.92 Å². The zero-order valence-electron chi connectivity index (χ0n) is 12.0. The van der Waals surface area contributed by atoms with Gasteiger partial charge in [0.1, 0.15) is 0 Å². The lowest BCUT2D eigenvalue weighted by Gasteiger charge is -2.31. The molecule has 1 fully saturated rings. The summed E-state index contributed by atoms with van der Waals surface area (Å²) in [5.41, 5.74) is 1.11. The van der Waals surface area contributed by atoms with Gasteiger partial charge in [0.15, 0.2) is 0 Å². The maximum Gasteiger partial charge on any atom is 0.269 e. The first-order valence-corrected chi connectivity index (χ1v) is 7.39. The van der Waals surface area contributed by atoms with Crippen LogP contribution in [-0.2, 0) is 0 Å². The lowest BCUT2D eigenvalue weighted by atomic mass is 9.96. The molecule has 0 atom stereocenters. The van der Waals surface area contributed by atoms with E-state index in [-0.39, 0.29) is 10.6 Å². The fraction of sp³-hybridized carbons (Fsp3) is 0.600. The van der Waals surface area contributed by atoms with E-state index in [4.69, 9.17) is 0 Å². The highest BCUT2D eigenvalue weighted by atomic mass is 16.6. The summed E-state index contributed by atoms with van der Waals surface area (Å²) in [6.07, 6.45) is 3.70. The number of non-ortho nitro benzene ring substituents is 1. The van der Waals surface area contributed by atoms with Crippen molar-refractivity contribution < 1.29 is 4.92 Å². The van der Waals surface area contributed by atoms with E-state index in [0.29, 0.717) is 5.92 Å². The van der Waals surface area contributed by atoms with E-state index in [9.17, 15) is 10.1 Å². The summed E-state index contributed by atoms with van der Waals surface area (Å²) >= 11 is 0. The molecular formula is C15H23N3O2. The van der Waals surface area contributed by atoms with Crippen LogP contribution < -0.4 is 5.32 Å². The van der Waals surface area contributed by atoms with Crippen LogP contribution in [0.25, 0.3) is 0 Å². The number of benzene rings is 1. The maximum absolute atomic E-state index is 10.6. The molecule has 0 radical (unpaired) electrons. The Bertz CT molecular complexity index is 425. The van der Waals surface area contributed by atoms with Crippen molar-refractivity contribution >= 4 is 11.4 Å². The van der Waals surface area contributed by atoms with Crippen LogP contribution in [0.2, 0.25) is 0 Å². The van der Waals surface area contributed by atoms with E-state index in [0.717, 1.165) is 12.2 Å². The van der Waals surface area contributed by atoms with Gasteiger partial charge in [0.05, 0.1) is 4.92 Å². The Morgan fingerprint density at radius 2 is 1.95 bits per heavy atom. The molecule has 5 heteroatoms. The van der Waals surface area contributed by atoms with E-state index in [1.54, 1.807) is 24.3 Å². The normalized spacial score (nSPS) is 17.1. The topological polar surface area (TPSA) is 58.4 Å². The van der Waals surface area contributed by atoms with Gasteiger partial charge in [-0.1, -0.05) is 6.92 Å². The number of nitro benzene ring substituents is 1. The third-order valence-electron chi connectivity index (χ3n) is 3.92. The smallest absolute Gasteiger partial charge is 0.269 e. The Hall–Kier alpha value is -1.62. The van der Waals surface area contributed by atoms with Crippen molar-refractivity contribution in [3.8, 4) is 0 Å². The molecule has 1 saturated heterocycles. The van der Waals surface area contributed by atoms with Crippen molar-refractivity contribution in [1.82, 2.24) is 4.90 Å². The van der Waals surface area contributed by atoms with E-state index >= 15 is 0 Å². The summed E-state index contributed by atoms with van der Waals surface area (Å²) < 4.78 is 0. The molecule has 1 heterocycles. The Kier molecular flexibility index (Phi) is 5.35. The molecule has 0 aliphatic carbocycles. The highest BCUT2D eigenvalue weighted by Crippen LogP contribution is 2.20. The fourth-order valence-electron chi connectivity index (χ4n) is 2.69. The molecule has 1 aromatic carbocycles. The Morgan fingerprint density at radius 3 is 2.50 bits per heavy atom. The highest BCUT2D eigenvalue weighted by Gasteiger charge is 2.18. The summed E-state index contributed by atoms with van der Waals surface area (Å²) in [6, 6.07) is 6.66. The van der Waals surface area contributed by atoms with Crippen molar-refractivity contribution in [1.29, 1.82) is 0 Å². The van der Waals surface area contributed by atoms with Crippen LogP contribution in [0.4, 0.5) is 11.4 Å². The minimum Gasteiger partial charge on any atom is -0.385 e. The van der Waals surface area contributed by atoms with Crippen LogP contribution in [-0.4, -0.2) is 36.0 Å². The molecular weight excluding hydrogens is 254 g/mol. The summed E-state index contributed by atoms with van der Waals surface area (Å²) in [4.78, 5) is 12.7. The van der Waals surface area contributed by atoms with E-state index in [1.807, 2.05) is 0 Å². The number of piperidine rings is 1. The second kappa shape index (κ2) is 7.24. The zero-order valence-corrected chi connectivity index (χ0v) is 12.0. The molecule has 0 spiro atoms. The maximum atomic E-state index is 10.6. The third kappa shape index (κ3) is 4.20. The molecule has 0 saturated carbocycles. The number of nitrogens with zero attached hydrogens (tertiary/aromatic N) is 2. The van der Waals surface area contributed by atoms with Crippen molar-refractivity contribution in [2.75, 3.05) is 31.5 Å². The van der Waals surface area contributed by atoms with Crippen LogP contribution >= 0.6 is 0 Å². The molecule has 0 aromatic heterocycles. The van der Waals surface area contributed by atoms with Gasteiger partial charge in [0.25, 0.3) is 5.69 Å². The number of nitrogens with one attached hydrogen (secondary N) is 1. The average Bonchev–Trinajstić information content (AvgIpc) is 2.47. The number of hydrogen-bond donors (Lipinski definition) is 1. The Morgan fingerprint density at radius 1 is 1.30 bits per heavy atom.